The maximum Gasteiger partial charge on any atom is 0.0641 e. The molecule has 0 amide bonds. The molecule has 1 aliphatic rings. The fraction of sp³-hybridized carbons (Fsp3) is 0.364. The third-order valence-electron chi connectivity index (χ3n) is 2.59. The fourth-order valence-electron chi connectivity index (χ4n) is 1.88. The highest BCUT2D eigenvalue weighted by Crippen LogP contribution is 2.30. The third-order valence-corrected chi connectivity index (χ3v) is 2.59. The molecular weight excluding hydrogens is 174 g/mol. The summed E-state index contributed by atoms with van der Waals surface area (Å²) in [5.74, 6) is 0. The van der Waals surface area contributed by atoms with Crippen LogP contribution in [0, 0.1) is 11.3 Å². The predicted molar refractivity (Wildman–Crippen MR) is 55.8 cm³/mol. The van der Waals surface area contributed by atoms with Crippen LogP contribution in [0.4, 0.5) is 5.69 Å². The van der Waals surface area contributed by atoms with Gasteiger partial charge in [-0.2, -0.15) is 5.26 Å². The summed E-state index contributed by atoms with van der Waals surface area (Å²) < 4.78 is 0. The molecule has 3 N–H and O–H groups in total. The van der Waals surface area contributed by atoms with Gasteiger partial charge in [0.25, 0.3) is 0 Å². The van der Waals surface area contributed by atoms with Gasteiger partial charge in [0.05, 0.1) is 12.5 Å². The minimum Gasteiger partial charge on any atom is -0.384 e. The number of para-hydroxylation sites is 1. The van der Waals surface area contributed by atoms with Crippen molar-refractivity contribution in [3.63, 3.8) is 0 Å². The maximum absolute atomic E-state index is 8.60. The molecule has 3 nitrogen and oxygen atoms in total. The third kappa shape index (κ3) is 1.45. The molecule has 0 fully saturated rings. The van der Waals surface area contributed by atoms with Gasteiger partial charge in [0.1, 0.15) is 0 Å². The van der Waals surface area contributed by atoms with Crippen LogP contribution < -0.4 is 11.1 Å². The van der Waals surface area contributed by atoms with Gasteiger partial charge in [-0.05, 0) is 17.5 Å². The van der Waals surface area contributed by atoms with E-state index in [1.165, 1.54) is 5.56 Å². The number of rotatable bonds is 2. The van der Waals surface area contributed by atoms with Crippen LogP contribution in [0.2, 0.25) is 0 Å². The zero-order valence-electron chi connectivity index (χ0n) is 7.96. The first kappa shape index (κ1) is 9.04. The summed E-state index contributed by atoms with van der Waals surface area (Å²) in [5.41, 5.74) is 9.45. The smallest absolute Gasteiger partial charge is 0.0641 e. The van der Waals surface area contributed by atoms with Crippen molar-refractivity contribution in [2.75, 3.05) is 11.9 Å². The van der Waals surface area contributed by atoms with Crippen molar-refractivity contribution in [1.82, 2.24) is 0 Å². The number of hydrogen-bond donors (Lipinski definition) is 2. The van der Waals surface area contributed by atoms with Gasteiger partial charge in [-0.3, -0.25) is 0 Å². The normalized spacial score (nSPS) is 15.4. The van der Waals surface area contributed by atoms with Crippen LogP contribution in [0.3, 0.4) is 0 Å². The van der Waals surface area contributed by atoms with Crippen molar-refractivity contribution < 1.29 is 0 Å². The molecule has 0 radical (unpaired) electrons. The Morgan fingerprint density at radius 3 is 3.21 bits per heavy atom. The van der Waals surface area contributed by atoms with Crippen LogP contribution in [0.1, 0.15) is 23.6 Å². The molecule has 0 bridgehead atoms. The Hall–Kier alpha value is -1.53. The SMILES string of the molecule is N#CC[C@H](N)c1cccc2c1NCC2. The minimum atomic E-state index is -0.166. The molecule has 1 aromatic carbocycles. The number of nitriles is 1. The quantitative estimate of drug-likeness (QED) is 0.738. The van der Waals surface area contributed by atoms with E-state index in [4.69, 9.17) is 11.0 Å². The lowest BCUT2D eigenvalue weighted by Crippen LogP contribution is -2.11. The lowest BCUT2D eigenvalue weighted by atomic mass is 10.00. The molecule has 0 saturated heterocycles. The minimum absolute atomic E-state index is 0.166. The van der Waals surface area contributed by atoms with E-state index in [0.29, 0.717) is 6.42 Å². The summed E-state index contributed by atoms with van der Waals surface area (Å²) in [7, 11) is 0. The number of anilines is 1. The summed E-state index contributed by atoms with van der Waals surface area (Å²) in [6.45, 7) is 0.978. The molecule has 1 aliphatic heterocycles. The molecule has 2 rings (SSSR count). The van der Waals surface area contributed by atoms with E-state index in [0.717, 1.165) is 24.2 Å². The summed E-state index contributed by atoms with van der Waals surface area (Å²) in [6.07, 6.45) is 1.43. The van der Waals surface area contributed by atoms with Crippen LogP contribution >= 0.6 is 0 Å². The molecule has 1 heterocycles. The number of nitrogens with zero attached hydrogens (tertiary/aromatic N) is 1. The summed E-state index contributed by atoms with van der Waals surface area (Å²) >= 11 is 0. The van der Waals surface area contributed by atoms with Crippen LogP contribution in [0.25, 0.3) is 0 Å². The monoisotopic (exact) mass is 187 g/mol. The number of benzene rings is 1. The molecule has 72 valence electrons. The molecule has 0 aromatic heterocycles. The molecule has 3 heteroatoms. The van der Waals surface area contributed by atoms with Gasteiger partial charge in [-0.1, -0.05) is 18.2 Å². The summed E-state index contributed by atoms with van der Waals surface area (Å²) in [5, 5.41) is 11.9. The van der Waals surface area contributed by atoms with Crippen molar-refractivity contribution in [2.45, 2.75) is 18.9 Å². The van der Waals surface area contributed by atoms with Crippen molar-refractivity contribution in [3.8, 4) is 6.07 Å². The van der Waals surface area contributed by atoms with Gasteiger partial charge in [0.2, 0.25) is 0 Å². The Labute approximate surface area is 83.5 Å². The second-order valence-corrected chi connectivity index (χ2v) is 3.53. The Bertz CT molecular complexity index is 379. The highest BCUT2D eigenvalue weighted by Gasteiger charge is 2.17. The lowest BCUT2D eigenvalue weighted by molar-refractivity contribution is 0.750. The summed E-state index contributed by atoms with van der Waals surface area (Å²) in [4.78, 5) is 0. The fourth-order valence-corrected chi connectivity index (χ4v) is 1.88. The summed E-state index contributed by atoms with van der Waals surface area (Å²) in [6, 6.07) is 8.06. The molecule has 1 atom stereocenters. The maximum atomic E-state index is 8.60. The Balaban J connectivity index is 2.35. The van der Waals surface area contributed by atoms with Crippen molar-refractivity contribution in [2.24, 2.45) is 5.73 Å². The lowest BCUT2D eigenvalue weighted by Gasteiger charge is -2.13. The first-order chi connectivity index (χ1) is 6.83. The van der Waals surface area contributed by atoms with Crippen molar-refractivity contribution in [1.29, 1.82) is 5.26 Å². The van der Waals surface area contributed by atoms with E-state index in [-0.39, 0.29) is 6.04 Å². The van der Waals surface area contributed by atoms with E-state index in [1.54, 1.807) is 0 Å². The van der Waals surface area contributed by atoms with Gasteiger partial charge in [-0.15, -0.1) is 0 Å². The van der Waals surface area contributed by atoms with Crippen LogP contribution in [-0.4, -0.2) is 6.54 Å². The highest BCUT2D eigenvalue weighted by atomic mass is 14.9. The molecule has 1 aromatic rings. The first-order valence-electron chi connectivity index (χ1n) is 4.81. The average molecular weight is 187 g/mol. The first-order valence-corrected chi connectivity index (χ1v) is 4.81. The van der Waals surface area contributed by atoms with Crippen LogP contribution in [0.5, 0.6) is 0 Å². The largest absolute Gasteiger partial charge is 0.384 e. The number of fused-ring (bicyclic) bond motifs is 1. The molecule has 0 aliphatic carbocycles. The van der Waals surface area contributed by atoms with Crippen LogP contribution in [0.15, 0.2) is 18.2 Å². The molecular formula is C11H13N3. The Morgan fingerprint density at radius 1 is 1.57 bits per heavy atom. The van der Waals surface area contributed by atoms with E-state index in [1.807, 2.05) is 12.1 Å². The topological polar surface area (TPSA) is 61.8 Å². The second kappa shape index (κ2) is 3.69. The van der Waals surface area contributed by atoms with E-state index >= 15 is 0 Å². The standard InChI is InChI=1S/C11H13N3/c12-6-4-10(13)9-3-1-2-8-5-7-14-11(8)9/h1-3,10,14H,4-5,7,13H2/t10-/m0/s1. The van der Waals surface area contributed by atoms with Gasteiger partial charge in [0.15, 0.2) is 0 Å². The molecule has 0 unspecified atom stereocenters. The molecule has 0 saturated carbocycles. The van der Waals surface area contributed by atoms with Crippen molar-refractivity contribution in [3.05, 3.63) is 29.3 Å². The number of nitrogens with one attached hydrogen (secondary N) is 1. The van der Waals surface area contributed by atoms with E-state index < -0.39 is 0 Å². The van der Waals surface area contributed by atoms with Gasteiger partial charge >= 0.3 is 0 Å². The Kier molecular flexibility index (Phi) is 2.38. The van der Waals surface area contributed by atoms with Gasteiger partial charge in [-0.25, -0.2) is 0 Å². The van der Waals surface area contributed by atoms with Gasteiger partial charge in [0, 0.05) is 18.3 Å². The predicted octanol–water partition coefficient (Wildman–Crippen LogP) is 1.57. The van der Waals surface area contributed by atoms with Crippen molar-refractivity contribution >= 4 is 5.69 Å². The molecule has 0 spiro atoms. The zero-order valence-corrected chi connectivity index (χ0v) is 7.96. The second-order valence-electron chi connectivity index (χ2n) is 3.53. The van der Waals surface area contributed by atoms with Gasteiger partial charge < -0.3 is 11.1 Å². The van der Waals surface area contributed by atoms with E-state index in [2.05, 4.69) is 17.5 Å². The average Bonchev–Trinajstić information content (AvgIpc) is 2.65. The molecule has 14 heavy (non-hydrogen) atoms. The van der Waals surface area contributed by atoms with E-state index in [9.17, 15) is 0 Å². The Morgan fingerprint density at radius 2 is 2.43 bits per heavy atom. The van der Waals surface area contributed by atoms with Crippen LogP contribution in [-0.2, 0) is 6.42 Å². The number of hydrogen-bond acceptors (Lipinski definition) is 3. The number of nitrogens with two attached hydrogens (primary N) is 1. The highest BCUT2D eigenvalue weighted by molar-refractivity contribution is 5.62. The zero-order chi connectivity index (χ0) is 9.97.